The van der Waals surface area contributed by atoms with Crippen LogP contribution in [0.25, 0.3) is 0 Å². The number of hydrogen-bond acceptors (Lipinski definition) is 4. The Hall–Kier alpha value is 0.840. The van der Waals surface area contributed by atoms with Gasteiger partial charge in [0, 0.05) is 32.9 Å². The van der Waals surface area contributed by atoms with Crippen molar-refractivity contribution in [3.63, 3.8) is 0 Å². The third-order valence-electron chi connectivity index (χ3n) is 3.34. The average Bonchev–Trinajstić information content (AvgIpc) is 2.81. The molecule has 1 aromatic rings. The van der Waals surface area contributed by atoms with Crippen molar-refractivity contribution < 1.29 is 0 Å². The zero-order valence-corrected chi connectivity index (χ0v) is 15.6. The Kier molecular flexibility index (Phi) is 7.10. The van der Waals surface area contributed by atoms with Gasteiger partial charge in [-0.3, -0.25) is 0 Å². The van der Waals surface area contributed by atoms with Crippen LogP contribution < -0.4 is 5.32 Å². The molecule has 0 amide bonds. The number of halogens is 1. The van der Waals surface area contributed by atoms with E-state index in [4.69, 9.17) is 0 Å². The standard InChI is InChI=1S/C14H22BrNS3/c1-3-6-16-12(9-11-4-5-13(15)19-11)14-10(2)17-7-8-18-14/h4-5,10,12,14,16H,3,6-9H2,1-2H3. The van der Waals surface area contributed by atoms with E-state index in [9.17, 15) is 0 Å². The smallest absolute Gasteiger partial charge is 0.0701 e. The molecule has 1 N–H and O–H groups in total. The van der Waals surface area contributed by atoms with E-state index in [0.717, 1.165) is 17.0 Å². The van der Waals surface area contributed by atoms with E-state index in [-0.39, 0.29) is 0 Å². The Bertz CT molecular complexity index is 383. The highest BCUT2D eigenvalue weighted by Gasteiger charge is 2.30. The van der Waals surface area contributed by atoms with Gasteiger partial charge in [-0.25, -0.2) is 0 Å². The topological polar surface area (TPSA) is 12.0 Å². The zero-order valence-electron chi connectivity index (χ0n) is 11.5. The predicted molar refractivity (Wildman–Crippen MR) is 96.0 cm³/mol. The second-order valence-corrected chi connectivity index (χ2v) is 10.2. The molecule has 0 radical (unpaired) electrons. The SMILES string of the molecule is CCCNC(Cc1ccc(Br)s1)C1SCCSC1C. The van der Waals surface area contributed by atoms with E-state index in [1.807, 2.05) is 11.3 Å². The molecule has 2 rings (SSSR count). The molecule has 5 heteroatoms. The molecule has 3 unspecified atom stereocenters. The highest BCUT2D eigenvalue weighted by atomic mass is 79.9. The van der Waals surface area contributed by atoms with Gasteiger partial charge in [0.15, 0.2) is 0 Å². The van der Waals surface area contributed by atoms with Gasteiger partial charge in [0.05, 0.1) is 3.79 Å². The minimum atomic E-state index is 0.610. The fraction of sp³-hybridized carbons (Fsp3) is 0.714. The second kappa shape index (κ2) is 8.32. The van der Waals surface area contributed by atoms with Crippen molar-refractivity contribution in [3.05, 3.63) is 20.8 Å². The van der Waals surface area contributed by atoms with Crippen LogP contribution in [0.3, 0.4) is 0 Å². The fourth-order valence-corrected chi connectivity index (χ4v) is 6.91. The lowest BCUT2D eigenvalue weighted by atomic mass is 10.1. The number of rotatable bonds is 6. The first-order chi connectivity index (χ1) is 9.20. The first kappa shape index (κ1) is 16.2. The summed E-state index contributed by atoms with van der Waals surface area (Å²) in [5.41, 5.74) is 0. The molecule has 1 aliphatic heterocycles. The fourth-order valence-electron chi connectivity index (χ4n) is 2.40. The molecule has 1 aliphatic rings. The van der Waals surface area contributed by atoms with Crippen LogP contribution in [0.1, 0.15) is 25.1 Å². The molecule has 3 atom stereocenters. The lowest BCUT2D eigenvalue weighted by Crippen LogP contribution is -2.45. The highest BCUT2D eigenvalue weighted by molar-refractivity contribution is 9.11. The first-order valence-electron chi connectivity index (χ1n) is 6.91. The summed E-state index contributed by atoms with van der Waals surface area (Å²) >= 11 is 9.75. The maximum atomic E-state index is 3.78. The predicted octanol–water partition coefficient (Wildman–Crippen LogP) is 4.66. The molecule has 2 heterocycles. The molecule has 1 fully saturated rings. The summed E-state index contributed by atoms with van der Waals surface area (Å²) in [6.45, 7) is 5.77. The van der Waals surface area contributed by atoms with Crippen LogP contribution >= 0.6 is 50.8 Å². The zero-order chi connectivity index (χ0) is 13.7. The molecular formula is C14H22BrNS3. The Balaban J connectivity index is 2.01. The van der Waals surface area contributed by atoms with Gasteiger partial charge in [0.1, 0.15) is 0 Å². The number of nitrogens with one attached hydrogen (secondary N) is 1. The molecule has 108 valence electrons. The molecule has 1 nitrogen and oxygen atoms in total. The Labute approximate surface area is 137 Å². The van der Waals surface area contributed by atoms with Crippen LogP contribution in [-0.2, 0) is 6.42 Å². The van der Waals surface area contributed by atoms with Gasteiger partial charge in [-0.2, -0.15) is 23.5 Å². The maximum absolute atomic E-state index is 3.78. The summed E-state index contributed by atoms with van der Waals surface area (Å²) in [5, 5.41) is 5.29. The van der Waals surface area contributed by atoms with E-state index in [2.05, 4.69) is 70.8 Å². The lowest BCUT2D eigenvalue weighted by Gasteiger charge is -2.35. The number of thioether (sulfide) groups is 2. The van der Waals surface area contributed by atoms with Crippen molar-refractivity contribution in [2.75, 3.05) is 18.1 Å². The molecule has 0 saturated carbocycles. The van der Waals surface area contributed by atoms with Crippen molar-refractivity contribution in [2.24, 2.45) is 0 Å². The molecule has 0 spiro atoms. The van der Waals surface area contributed by atoms with E-state index in [1.54, 1.807) is 0 Å². The molecule has 0 aromatic carbocycles. The second-order valence-electron chi connectivity index (χ2n) is 4.88. The molecule has 19 heavy (non-hydrogen) atoms. The van der Waals surface area contributed by atoms with Gasteiger partial charge in [-0.05, 0) is 47.4 Å². The van der Waals surface area contributed by atoms with E-state index < -0.39 is 0 Å². The van der Waals surface area contributed by atoms with Gasteiger partial charge in [-0.15, -0.1) is 11.3 Å². The van der Waals surface area contributed by atoms with Crippen LogP contribution in [0.4, 0.5) is 0 Å². The van der Waals surface area contributed by atoms with Gasteiger partial charge in [0.25, 0.3) is 0 Å². The Morgan fingerprint density at radius 3 is 2.79 bits per heavy atom. The largest absolute Gasteiger partial charge is 0.312 e. The van der Waals surface area contributed by atoms with Crippen molar-refractivity contribution in [1.82, 2.24) is 5.32 Å². The third kappa shape index (κ3) is 4.95. The molecule has 1 saturated heterocycles. The van der Waals surface area contributed by atoms with Crippen molar-refractivity contribution in [1.29, 1.82) is 0 Å². The number of thiophene rings is 1. The minimum absolute atomic E-state index is 0.610. The summed E-state index contributed by atoms with van der Waals surface area (Å²) in [5.74, 6) is 2.62. The third-order valence-corrected chi connectivity index (χ3v) is 8.24. The molecule has 1 aromatic heterocycles. The molecule has 0 bridgehead atoms. The Morgan fingerprint density at radius 1 is 1.37 bits per heavy atom. The number of hydrogen-bond donors (Lipinski definition) is 1. The molecular weight excluding hydrogens is 358 g/mol. The van der Waals surface area contributed by atoms with Crippen LogP contribution in [0.2, 0.25) is 0 Å². The first-order valence-corrected chi connectivity index (χ1v) is 10.6. The van der Waals surface area contributed by atoms with Gasteiger partial charge >= 0.3 is 0 Å². The Morgan fingerprint density at radius 2 is 2.16 bits per heavy atom. The normalized spacial score (nSPS) is 25.4. The van der Waals surface area contributed by atoms with Crippen molar-refractivity contribution in [2.45, 2.75) is 43.2 Å². The molecule has 0 aliphatic carbocycles. The van der Waals surface area contributed by atoms with Crippen LogP contribution in [0, 0.1) is 0 Å². The van der Waals surface area contributed by atoms with Gasteiger partial charge < -0.3 is 5.32 Å². The van der Waals surface area contributed by atoms with Crippen LogP contribution in [0.5, 0.6) is 0 Å². The summed E-state index contributed by atoms with van der Waals surface area (Å²) in [4.78, 5) is 1.49. The van der Waals surface area contributed by atoms with Crippen LogP contribution in [-0.4, -0.2) is 34.6 Å². The van der Waals surface area contributed by atoms with Crippen molar-refractivity contribution in [3.8, 4) is 0 Å². The van der Waals surface area contributed by atoms with E-state index in [1.165, 1.54) is 33.0 Å². The van der Waals surface area contributed by atoms with Gasteiger partial charge in [-0.1, -0.05) is 13.8 Å². The average molecular weight is 380 g/mol. The van der Waals surface area contributed by atoms with E-state index >= 15 is 0 Å². The summed E-state index contributed by atoms with van der Waals surface area (Å²) < 4.78 is 1.25. The van der Waals surface area contributed by atoms with Crippen LogP contribution in [0.15, 0.2) is 15.9 Å². The monoisotopic (exact) mass is 379 g/mol. The summed E-state index contributed by atoms with van der Waals surface area (Å²) in [6.07, 6.45) is 2.38. The van der Waals surface area contributed by atoms with E-state index in [0.29, 0.717) is 6.04 Å². The summed E-state index contributed by atoms with van der Waals surface area (Å²) in [6, 6.07) is 5.04. The van der Waals surface area contributed by atoms with Crippen molar-refractivity contribution >= 4 is 50.8 Å². The van der Waals surface area contributed by atoms with Gasteiger partial charge in [0.2, 0.25) is 0 Å². The lowest BCUT2D eigenvalue weighted by molar-refractivity contribution is 0.489. The minimum Gasteiger partial charge on any atom is -0.312 e. The maximum Gasteiger partial charge on any atom is 0.0701 e. The quantitative estimate of drug-likeness (QED) is 0.771. The summed E-state index contributed by atoms with van der Waals surface area (Å²) in [7, 11) is 0. The highest BCUT2D eigenvalue weighted by Crippen LogP contribution is 2.35.